The predicted octanol–water partition coefficient (Wildman–Crippen LogP) is 3.91. The van der Waals surface area contributed by atoms with E-state index in [0.717, 1.165) is 24.6 Å². The molecule has 0 aliphatic rings. The molecule has 1 aromatic heterocycles. The minimum Gasteiger partial charge on any atom is -0.357 e. The molecule has 8 heteroatoms. The first-order valence-corrected chi connectivity index (χ1v) is 8.25. The van der Waals surface area contributed by atoms with Gasteiger partial charge in [0, 0.05) is 39.1 Å². The van der Waals surface area contributed by atoms with Crippen molar-refractivity contribution in [2.24, 2.45) is 4.99 Å². The minimum absolute atomic E-state index is 0. The molecule has 5 nitrogen and oxygen atoms in total. The number of nitrogens with zero attached hydrogens (tertiary/aromatic N) is 4. The van der Waals surface area contributed by atoms with E-state index in [-0.39, 0.29) is 24.0 Å². The Labute approximate surface area is 170 Å². The van der Waals surface area contributed by atoms with Crippen LogP contribution in [-0.4, -0.2) is 40.5 Å². The molecule has 0 bridgehead atoms. The predicted molar refractivity (Wildman–Crippen MR) is 112 cm³/mol. The zero-order valence-corrected chi connectivity index (χ0v) is 17.6. The molecule has 0 fully saturated rings. The molecule has 0 unspecified atom stereocenters. The number of benzene rings is 1. The number of rotatable bonds is 6. The van der Waals surface area contributed by atoms with Crippen LogP contribution in [0.2, 0.25) is 10.0 Å². The third-order valence-corrected chi connectivity index (χ3v) is 4.02. The Morgan fingerprint density at radius 1 is 1.33 bits per heavy atom. The molecule has 0 amide bonds. The van der Waals surface area contributed by atoms with Gasteiger partial charge in [-0.25, -0.2) is 4.98 Å². The van der Waals surface area contributed by atoms with Gasteiger partial charge in [0.15, 0.2) is 5.96 Å². The monoisotopic (exact) mass is 481 g/mol. The first kappa shape index (κ1) is 21.1. The first-order valence-electron chi connectivity index (χ1n) is 7.49. The SMILES string of the molecule is CCNC(=NCCn1ccnc1)N(C)Cc1ccc(Cl)c(Cl)c1.I. The standard InChI is InChI=1S/C16H21Cl2N5.HI/c1-3-20-16(21-7-9-23-8-6-19-12-23)22(2)11-13-4-5-14(17)15(18)10-13;/h4-6,8,10,12H,3,7,9,11H2,1-2H3,(H,20,21);1H. The third kappa shape index (κ3) is 6.49. The molecule has 0 spiro atoms. The number of guanidine groups is 1. The molecule has 1 aromatic carbocycles. The maximum Gasteiger partial charge on any atom is 0.194 e. The molecule has 2 rings (SSSR count). The van der Waals surface area contributed by atoms with Gasteiger partial charge in [-0.1, -0.05) is 29.3 Å². The first-order chi connectivity index (χ1) is 11.1. The second-order valence-corrected chi connectivity index (χ2v) is 5.96. The molecular weight excluding hydrogens is 460 g/mol. The molecule has 0 aliphatic carbocycles. The van der Waals surface area contributed by atoms with E-state index in [0.29, 0.717) is 23.1 Å². The molecule has 0 atom stereocenters. The Morgan fingerprint density at radius 2 is 2.12 bits per heavy atom. The van der Waals surface area contributed by atoms with Crippen LogP contribution in [0, 0.1) is 0 Å². The van der Waals surface area contributed by atoms with Crippen molar-refractivity contribution in [3.05, 3.63) is 52.5 Å². The summed E-state index contributed by atoms with van der Waals surface area (Å²) in [6.45, 7) is 5.06. The lowest BCUT2D eigenvalue weighted by molar-refractivity contribution is 0.475. The van der Waals surface area contributed by atoms with Gasteiger partial charge in [-0.2, -0.15) is 0 Å². The molecule has 2 aromatic rings. The maximum absolute atomic E-state index is 6.07. The Balaban J connectivity index is 0.00000288. The van der Waals surface area contributed by atoms with E-state index in [2.05, 4.69) is 27.1 Å². The number of nitrogens with one attached hydrogen (secondary N) is 1. The Kier molecular flexibility index (Phi) is 9.46. The molecule has 1 N–H and O–H groups in total. The van der Waals surface area contributed by atoms with E-state index in [1.165, 1.54) is 0 Å². The summed E-state index contributed by atoms with van der Waals surface area (Å²) < 4.78 is 2.01. The topological polar surface area (TPSA) is 45.5 Å². The molecule has 132 valence electrons. The molecule has 24 heavy (non-hydrogen) atoms. The lowest BCUT2D eigenvalue weighted by Crippen LogP contribution is -2.38. The van der Waals surface area contributed by atoms with Crippen LogP contribution in [0.5, 0.6) is 0 Å². The minimum atomic E-state index is 0. The molecule has 0 saturated carbocycles. The highest BCUT2D eigenvalue weighted by molar-refractivity contribution is 14.0. The largest absolute Gasteiger partial charge is 0.357 e. The van der Waals surface area contributed by atoms with Crippen molar-refractivity contribution in [3.63, 3.8) is 0 Å². The normalized spacial score (nSPS) is 11.1. The zero-order chi connectivity index (χ0) is 16.7. The summed E-state index contributed by atoms with van der Waals surface area (Å²) >= 11 is 12.0. The molecule has 0 radical (unpaired) electrons. The fraction of sp³-hybridized carbons (Fsp3) is 0.375. The van der Waals surface area contributed by atoms with Crippen molar-refractivity contribution in [1.82, 2.24) is 19.8 Å². The number of hydrogen-bond donors (Lipinski definition) is 1. The lowest BCUT2D eigenvalue weighted by atomic mass is 10.2. The van der Waals surface area contributed by atoms with E-state index < -0.39 is 0 Å². The van der Waals surface area contributed by atoms with Crippen LogP contribution in [0.3, 0.4) is 0 Å². The third-order valence-electron chi connectivity index (χ3n) is 3.28. The Bertz CT molecular complexity index is 646. The average molecular weight is 482 g/mol. The van der Waals surface area contributed by atoms with E-state index in [1.807, 2.05) is 36.0 Å². The van der Waals surface area contributed by atoms with Crippen LogP contribution < -0.4 is 5.32 Å². The fourth-order valence-corrected chi connectivity index (χ4v) is 2.47. The van der Waals surface area contributed by atoms with Crippen LogP contribution in [0.25, 0.3) is 0 Å². The van der Waals surface area contributed by atoms with Gasteiger partial charge in [-0.3, -0.25) is 4.99 Å². The summed E-state index contributed by atoms with van der Waals surface area (Å²) in [5, 5.41) is 4.44. The number of halogens is 3. The van der Waals surface area contributed by atoms with Gasteiger partial charge in [0.25, 0.3) is 0 Å². The van der Waals surface area contributed by atoms with E-state index in [1.54, 1.807) is 12.5 Å². The van der Waals surface area contributed by atoms with Gasteiger partial charge in [0.05, 0.1) is 22.9 Å². The van der Waals surface area contributed by atoms with E-state index in [4.69, 9.17) is 23.2 Å². The number of imidazole rings is 1. The van der Waals surface area contributed by atoms with Crippen molar-refractivity contribution in [2.75, 3.05) is 20.1 Å². The molecular formula is C16H22Cl2IN5. The van der Waals surface area contributed by atoms with Crippen LogP contribution in [0.15, 0.2) is 41.9 Å². The van der Waals surface area contributed by atoms with Gasteiger partial charge in [0.2, 0.25) is 0 Å². The summed E-state index contributed by atoms with van der Waals surface area (Å²) in [6, 6.07) is 5.67. The van der Waals surface area contributed by atoms with Gasteiger partial charge in [-0.05, 0) is 24.6 Å². The highest BCUT2D eigenvalue weighted by atomic mass is 127. The molecule has 0 saturated heterocycles. The Morgan fingerprint density at radius 3 is 2.75 bits per heavy atom. The average Bonchev–Trinajstić information content (AvgIpc) is 3.03. The van der Waals surface area contributed by atoms with Crippen molar-refractivity contribution in [2.45, 2.75) is 20.0 Å². The second kappa shape index (κ2) is 10.8. The van der Waals surface area contributed by atoms with Crippen molar-refractivity contribution in [1.29, 1.82) is 0 Å². The highest BCUT2D eigenvalue weighted by Crippen LogP contribution is 2.23. The van der Waals surface area contributed by atoms with Crippen LogP contribution in [-0.2, 0) is 13.1 Å². The summed E-state index contributed by atoms with van der Waals surface area (Å²) in [6.07, 6.45) is 5.50. The fourth-order valence-electron chi connectivity index (χ4n) is 2.15. The van der Waals surface area contributed by atoms with E-state index >= 15 is 0 Å². The van der Waals surface area contributed by atoms with Crippen molar-refractivity contribution >= 4 is 53.1 Å². The van der Waals surface area contributed by atoms with Crippen molar-refractivity contribution < 1.29 is 0 Å². The number of hydrogen-bond acceptors (Lipinski definition) is 2. The Hall–Kier alpha value is -0.990. The van der Waals surface area contributed by atoms with Gasteiger partial charge >= 0.3 is 0 Å². The summed E-state index contributed by atoms with van der Waals surface area (Å²) in [4.78, 5) is 10.7. The number of aliphatic imine (C=N–C) groups is 1. The van der Waals surface area contributed by atoms with Gasteiger partial charge < -0.3 is 14.8 Å². The summed E-state index contributed by atoms with van der Waals surface area (Å²) in [5.74, 6) is 0.860. The summed E-state index contributed by atoms with van der Waals surface area (Å²) in [5.41, 5.74) is 1.09. The molecule has 0 aliphatic heterocycles. The lowest BCUT2D eigenvalue weighted by Gasteiger charge is -2.22. The van der Waals surface area contributed by atoms with Crippen molar-refractivity contribution in [3.8, 4) is 0 Å². The van der Waals surface area contributed by atoms with Gasteiger partial charge in [0.1, 0.15) is 0 Å². The van der Waals surface area contributed by atoms with Crippen LogP contribution in [0.4, 0.5) is 0 Å². The number of aromatic nitrogens is 2. The summed E-state index contributed by atoms with van der Waals surface area (Å²) in [7, 11) is 2.00. The highest BCUT2D eigenvalue weighted by Gasteiger charge is 2.07. The van der Waals surface area contributed by atoms with Crippen LogP contribution >= 0.6 is 47.2 Å². The van der Waals surface area contributed by atoms with Gasteiger partial charge in [-0.15, -0.1) is 24.0 Å². The second-order valence-electron chi connectivity index (χ2n) is 5.14. The quantitative estimate of drug-likeness (QED) is 0.386. The van der Waals surface area contributed by atoms with Crippen LogP contribution in [0.1, 0.15) is 12.5 Å². The van der Waals surface area contributed by atoms with E-state index in [9.17, 15) is 0 Å². The zero-order valence-electron chi connectivity index (χ0n) is 13.7. The smallest absolute Gasteiger partial charge is 0.194 e. The maximum atomic E-state index is 6.07. The molecule has 1 heterocycles.